The lowest BCUT2D eigenvalue weighted by atomic mass is 10.0. The number of H-pyrrole nitrogens is 1. The molecular weight excluding hydrogens is 228 g/mol. The molecule has 0 saturated carbocycles. The van der Waals surface area contributed by atoms with Gasteiger partial charge in [-0.1, -0.05) is 6.42 Å². The molecule has 0 radical (unpaired) electrons. The molecule has 1 saturated heterocycles. The number of hydrogen-bond donors (Lipinski definition) is 3. The first-order chi connectivity index (χ1) is 8.84. The summed E-state index contributed by atoms with van der Waals surface area (Å²) in [6.45, 7) is 1.90. The number of aromatic nitrogens is 2. The van der Waals surface area contributed by atoms with E-state index in [1.54, 1.807) is 6.20 Å². The smallest absolute Gasteiger partial charge is 0.220 e. The zero-order chi connectivity index (χ0) is 12.6. The van der Waals surface area contributed by atoms with Gasteiger partial charge in [-0.15, -0.1) is 0 Å². The number of aryl methyl sites for hydroxylation is 1. The van der Waals surface area contributed by atoms with E-state index in [1.807, 2.05) is 6.20 Å². The van der Waals surface area contributed by atoms with Crippen LogP contribution in [0.2, 0.25) is 0 Å². The van der Waals surface area contributed by atoms with E-state index in [9.17, 15) is 4.79 Å². The van der Waals surface area contributed by atoms with Crippen LogP contribution in [0.25, 0.3) is 0 Å². The fourth-order valence-electron chi connectivity index (χ4n) is 2.32. The second kappa shape index (κ2) is 7.16. The summed E-state index contributed by atoms with van der Waals surface area (Å²) in [4.78, 5) is 11.6. The highest BCUT2D eigenvalue weighted by atomic mass is 16.1. The van der Waals surface area contributed by atoms with Crippen LogP contribution < -0.4 is 10.6 Å². The van der Waals surface area contributed by atoms with Crippen LogP contribution in [0.5, 0.6) is 0 Å². The predicted molar refractivity (Wildman–Crippen MR) is 70.2 cm³/mol. The summed E-state index contributed by atoms with van der Waals surface area (Å²) in [5.41, 5.74) is 1.08. The molecule has 5 nitrogen and oxygen atoms in total. The Hall–Kier alpha value is -1.36. The molecule has 1 atom stereocenters. The molecule has 0 aromatic carbocycles. The maximum Gasteiger partial charge on any atom is 0.220 e. The monoisotopic (exact) mass is 250 g/mol. The summed E-state index contributed by atoms with van der Waals surface area (Å²) in [6, 6.07) is 0.591. The van der Waals surface area contributed by atoms with Crippen LogP contribution in [0.15, 0.2) is 12.4 Å². The van der Waals surface area contributed by atoms with Crippen molar-refractivity contribution in [3.8, 4) is 0 Å². The molecule has 3 N–H and O–H groups in total. The summed E-state index contributed by atoms with van der Waals surface area (Å²) in [7, 11) is 0. The molecule has 1 aliphatic rings. The highest BCUT2D eigenvalue weighted by molar-refractivity contribution is 5.76. The molecule has 1 aromatic rings. The minimum Gasteiger partial charge on any atom is -0.356 e. The lowest BCUT2D eigenvalue weighted by molar-refractivity contribution is -0.121. The first-order valence-corrected chi connectivity index (χ1v) is 6.82. The van der Waals surface area contributed by atoms with E-state index in [0.717, 1.165) is 31.5 Å². The molecule has 1 aromatic heterocycles. The van der Waals surface area contributed by atoms with Crippen LogP contribution in [0.4, 0.5) is 0 Å². The van der Waals surface area contributed by atoms with Gasteiger partial charge in [0, 0.05) is 25.2 Å². The molecule has 1 amide bonds. The van der Waals surface area contributed by atoms with Crippen molar-refractivity contribution in [2.24, 2.45) is 0 Å². The first-order valence-electron chi connectivity index (χ1n) is 6.82. The average Bonchev–Trinajstić information content (AvgIpc) is 2.91. The number of piperidine rings is 1. The number of nitrogens with one attached hydrogen (secondary N) is 3. The number of carbonyl (C=O) groups is 1. The summed E-state index contributed by atoms with van der Waals surface area (Å²) in [5.74, 6) is 0.131. The fourth-order valence-corrected chi connectivity index (χ4v) is 2.32. The lowest BCUT2D eigenvalue weighted by Crippen LogP contribution is -2.37. The third-order valence-corrected chi connectivity index (χ3v) is 3.42. The van der Waals surface area contributed by atoms with Gasteiger partial charge in [0.25, 0.3) is 0 Å². The van der Waals surface area contributed by atoms with Crippen molar-refractivity contribution in [2.45, 2.75) is 44.6 Å². The van der Waals surface area contributed by atoms with Crippen molar-refractivity contribution < 1.29 is 4.79 Å². The molecule has 0 aliphatic carbocycles. The van der Waals surface area contributed by atoms with Gasteiger partial charge in [-0.2, -0.15) is 5.10 Å². The fraction of sp³-hybridized carbons (Fsp3) is 0.692. The summed E-state index contributed by atoms with van der Waals surface area (Å²) in [6.07, 6.45) is 9.77. The first kappa shape index (κ1) is 13.1. The number of carbonyl (C=O) groups excluding carboxylic acids is 1. The van der Waals surface area contributed by atoms with E-state index in [2.05, 4.69) is 20.8 Å². The number of aromatic amines is 1. The Bertz CT molecular complexity index is 344. The van der Waals surface area contributed by atoms with Crippen molar-refractivity contribution in [3.05, 3.63) is 18.0 Å². The van der Waals surface area contributed by atoms with Gasteiger partial charge < -0.3 is 10.6 Å². The number of nitrogens with zero attached hydrogens (tertiary/aromatic N) is 1. The van der Waals surface area contributed by atoms with E-state index in [0.29, 0.717) is 12.5 Å². The molecule has 2 rings (SSSR count). The van der Waals surface area contributed by atoms with E-state index in [4.69, 9.17) is 0 Å². The highest BCUT2D eigenvalue weighted by Crippen LogP contribution is 2.09. The largest absolute Gasteiger partial charge is 0.356 e. The maximum atomic E-state index is 11.6. The van der Waals surface area contributed by atoms with Crippen molar-refractivity contribution in [1.29, 1.82) is 0 Å². The molecule has 0 bridgehead atoms. The standard InChI is InChI=1S/C13H22N4O/c18-13(5-4-11-9-16-17-10-11)15-8-6-12-3-1-2-7-14-12/h9-10,12,14H,1-8H2,(H,15,18)(H,16,17)/t12-/m1/s1. The Morgan fingerprint density at radius 1 is 1.50 bits per heavy atom. The third kappa shape index (κ3) is 4.49. The van der Waals surface area contributed by atoms with Gasteiger partial charge in [-0.25, -0.2) is 0 Å². The molecular formula is C13H22N4O. The van der Waals surface area contributed by atoms with Crippen molar-refractivity contribution in [1.82, 2.24) is 20.8 Å². The molecule has 2 heterocycles. The zero-order valence-corrected chi connectivity index (χ0v) is 10.7. The second-order valence-corrected chi connectivity index (χ2v) is 4.89. The average molecular weight is 250 g/mol. The summed E-state index contributed by atoms with van der Waals surface area (Å²) in [5, 5.41) is 13.1. The van der Waals surface area contributed by atoms with Gasteiger partial charge in [0.15, 0.2) is 0 Å². The minimum atomic E-state index is 0.131. The van der Waals surface area contributed by atoms with Crippen LogP contribution in [-0.4, -0.2) is 35.2 Å². The van der Waals surface area contributed by atoms with E-state index in [-0.39, 0.29) is 5.91 Å². The maximum absolute atomic E-state index is 11.6. The molecule has 0 unspecified atom stereocenters. The Balaban J connectivity index is 1.54. The van der Waals surface area contributed by atoms with Gasteiger partial charge >= 0.3 is 0 Å². The molecule has 1 fully saturated rings. The quantitative estimate of drug-likeness (QED) is 0.705. The summed E-state index contributed by atoms with van der Waals surface area (Å²) < 4.78 is 0. The molecule has 0 spiro atoms. The Morgan fingerprint density at radius 2 is 2.44 bits per heavy atom. The molecule has 100 valence electrons. The van der Waals surface area contributed by atoms with Gasteiger partial charge in [-0.3, -0.25) is 9.89 Å². The van der Waals surface area contributed by atoms with E-state index < -0.39 is 0 Å². The molecule has 1 aliphatic heterocycles. The highest BCUT2D eigenvalue weighted by Gasteiger charge is 2.12. The normalized spacial score (nSPS) is 19.7. The zero-order valence-electron chi connectivity index (χ0n) is 10.7. The van der Waals surface area contributed by atoms with Crippen LogP contribution in [-0.2, 0) is 11.2 Å². The van der Waals surface area contributed by atoms with Gasteiger partial charge in [-0.05, 0) is 37.8 Å². The number of hydrogen-bond acceptors (Lipinski definition) is 3. The van der Waals surface area contributed by atoms with Crippen LogP contribution >= 0.6 is 0 Å². The van der Waals surface area contributed by atoms with Crippen molar-refractivity contribution in [2.75, 3.05) is 13.1 Å². The van der Waals surface area contributed by atoms with Gasteiger partial charge in [0.2, 0.25) is 5.91 Å². The third-order valence-electron chi connectivity index (χ3n) is 3.42. The Labute approximate surface area is 108 Å². The van der Waals surface area contributed by atoms with Crippen LogP contribution in [0.3, 0.4) is 0 Å². The van der Waals surface area contributed by atoms with Gasteiger partial charge in [0.1, 0.15) is 0 Å². The second-order valence-electron chi connectivity index (χ2n) is 4.89. The van der Waals surface area contributed by atoms with Crippen LogP contribution in [0.1, 0.15) is 37.7 Å². The predicted octanol–water partition coefficient (Wildman–Crippen LogP) is 0.991. The topological polar surface area (TPSA) is 69.8 Å². The Kier molecular flexibility index (Phi) is 5.20. The molecule has 18 heavy (non-hydrogen) atoms. The Morgan fingerprint density at radius 3 is 3.17 bits per heavy atom. The van der Waals surface area contributed by atoms with Crippen molar-refractivity contribution in [3.63, 3.8) is 0 Å². The summed E-state index contributed by atoms with van der Waals surface area (Å²) >= 11 is 0. The minimum absolute atomic E-state index is 0.131. The van der Waals surface area contributed by atoms with Crippen molar-refractivity contribution >= 4 is 5.91 Å². The lowest BCUT2D eigenvalue weighted by Gasteiger charge is -2.23. The number of amides is 1. The van der Waals surface area contributed by atoms with Gasteiger partial charge in [0.05, 0.1) is 6.20 Å². The van der Waals surface area contributed by atoms with E-state index in [1.165, 1.54) is 19.3 Å². The van der Waals surface area contributed by atoms with E-state index >= 15 is 0 Å². The molecule has 5 heteroatoms. The number of rotatable bonds is 6. The SMILES string of the molecule is O=C(CCc1cn[nH]c1)NCC[C@H]1CCCCN1. The van der Waals surface area contributed by atoms with Crippen LogP contribution in [0, 0.1) is 0 Å².